The van der Waals surface area contributed by atoms with Gasteiger partial charge in [0.2, 0.25) is 17.7 Å². The number of ether oxygens (including phenoxy) is 1. The molecule has 2 aliphatic carbocycles. The Bertz CT molecular complexity index is 1460. The first-order valence-electron chi connectivity index (χ1n) is 13.6. The van der Waals surface area contributed by atoms with E-state index in [-0.39, 0.29) is 54.7 Å². The van der Waals surface area contributed by atoms with Crippen LogP contribution < -0.4 is 15.8 Å². The van der Waals surface area contributed by atoms with Crippen LogP contribution in [0.5, 0.6) is 5.88 Å². The first-order valence-corrected chi connectivity index (χ1v) is 13.6. The molecule has 2 fully saturated rings. The number of aromatic nitrogens is 5. The van der Waals surface area contributed by atoms with Gasteiger partial charge in [-0.2, -0.15) is 23.4 Å². The molecule has 3 N–H and O–H groups in total. The Balaban J connectivity index is 1.49. The van der Waals surface area contributed by atoms with Crippen LogP contribution in [-0.2, 0) is 4.79 Å². The number of carbonyl (C=O) groups is 2. The van der Waals surface area contributed by atoms with E-state index in [1.165, 1.54) is 23.9 Å². The third-order valence-corrected chi connectivity index (χ3v) is 7.89. The Kier molecular flexibility index (Phi) is 8.03. The monoisotopic (exact) mass is 595 g/mol. The van der Waals surface area contributed by atoms with Gasteiger partial charge in [-0.1, -0.05) is 0 Å². The van der Waals surface area contributed by atoms with Crippen molar-refractivity contribution >= 4 is 17.5 Å². The normalized spacial score (nSPS) is 18.9. The van der Waals surface area contributed by atoms with Crippen LogP contribution in [0.3, 0.4) is 0 Å². The number of methoxy groups -OCH3 is 1. The second kappa shape index (κ2) is 11.4. The molecule has 15 heteroatoms. The van der Waals surface area contributed by atoms with E-state index in [2.05, 4.69) is 20.6 Å². The number of primary amides is 1. The molecular weight excluding hydrogens is 565 g/mol. The van der Waals surface area contributed by atoms with Crippen LogP contribution in [0.2, 0.25) is 0 Å². The van der Waals surface area contributed by atoms with Gasteiger partial charge in [-0.15, -0.1) is 5.10 Å². The van der Waals surface area contributed by atoms with E-state index in [9.17, 15) is 31.5 Å². The number of halogens is 5. The van der Waals surface area contributed by atoms with Gasteiger partial charge in [-0.05, 0) is 49.1 Å². The fourth-order valence-corrected chi connectivity index (χ4v) is 5.54. The second-order valence-electron chi connectivity index (χ2n) is 11.0. The van der Waals surface area contributed by atoms with E-state index in [4.69, 9.17) is 15.5 Å². The summed E-state index contributed by atoms with van der Waals surface area (Å²) < 4.78 is 72.5. The number of rotatable bonds is 10. The maximum absolute atomic E-state index is 14.1. The molecule has 10 nitrogen and oxygen atoms in total. The molecule has 0 saturated heterocycles. The van der Waals surface area contributed by atoms with Crippen LogP contribution in [0.4, 0.5) is 22.0 Å². The van der Waals surface area contributed by atoms with Crippen molar-refractivity contribution < 1.29 is 36.3 Å². The van der Waals surface area contributed by atoms with Gasteiger partial charge in [-0.3, -0.25) is 9.59 Å². The van der Waals surface area contributed by atoms with Gasteiger partial charge >= 0.3 is 6.18 Å². The van der Waals surface area contributed by atoms with Crippen LogP contribution in [0.25, 0.3) is 5.65 Å². The summed E-state index contributed by atoms with van der Waals surface area (Å²) in [6.45, 7) is 0. The fraction of sp³-hybridized carbons (Fsp3) is 0.556. The summed E-state index contributed by atoms with van der Waals surface area (Å²) in [4.78, 5) is 29.4. The van der Waals surface area contributed by atoms with Crippen LogP contribution >= 0.6 is 0 Å². The highest BCUT2D eigenvalue weighted by atomic mass is 19.4. The molecule has 0 unspecified atom stereocenters. The summed E-state index contributed by atoms with van der Waals surface area (Å²) >= 11 is 0. The number of nitrogens with zero attached hydrogens (tertiary/aromatic N) is 5. The molecule has 3 heterocycles. The number of fused-ring (bicyclic) bond motifs is 1. The molecule has 2 saturated carbocycles. The minimum Gasteiger partial charge on any atom is -0.480 e. The largest absolute Gasteiger partial charge is 0.480 e. The van der Waals surface area contributed by atoms with Crippen molar-refractivity contribution in [3.05, 3.63) is 47.0 Å². The van der Waals surface area contributed by atoms with Crippen molar-refractivity contribution in [3.63, 3.8) is 0 Å². The molecule has 0 spiro atoms. The number of imidazole rings is 1. The lowest BCUT2D eigenvalue weighted by molar-refractivity contribution is -0.144. The highest BCUT2D eigenvalue weighted by Crippen LogP contribution is 2.45. The Morgan fingerprint density at radius 3 is 2.48 bits per heavy atom. The van der Waals surface area contributed by atoms with Gasteiger partial charge in [0.1, 0.15) is 0 Å². The SMILES string of the molecule is COc1cc(C(N)=O)c([C@H](c2cn3ncc([C@H](NC(=O)CCC(F)(F)F)C4CC4)cc3n2)C2CCC(F)(F)CC2)nn1. The zero-order valence-electron chi connectivity index (χ0n) is 22.7. The Labute approximate surface area is 237 Å². The lowest BCUT2D eigenvalue weighted by Crippen LogP contribution is -2.30. The predicted molar refractivity (Wildman–Crippen MR) is 138 cm³/mol. The predicted octanol–water partition coefficient (Wildman–Crippen LogP) is 4.49. The molecule has 0 aliphatic heterocycles. The van der Waals surface area contributed by atoms with Crippen LogP contribution in [0, 0.1) is 11.8 Å². The number of nitrogens with one attached hydrogen (secondary N) is 1. The second-order valence-corrected chi connectivity index (χ2v) is 11.0. The quantitative estimate of drug-likeness (QED) is 0.330. The van der Waals surface area contributed by atoms with Crippen LogP contribution in [-0.4, -0.2) is 55.8 Å². The van der Waals surface area contributed by atoms with Crippen molar-refractivity contribution in [2.24, 2.45) is 17.6 Å². The van der Waals surface area contributed by atoms with Crippen molar-refractivity contribution in [2.45, 2.75) is 75.4 Å². The van der Waals surface area contributed by atoms with Crippen molar-refractivity contribution in [1.82, 2.24) is 30.1 Å². The fourth-order valence-electron chi connectivity index (χ4n) is 5.54. The summed E-state index contributed by atoms with van der Waals surface area (Å²) in [6.07, 6.45) is -1.99. The number of amides is 2. The van der Waals surface area contributed by atoms with Gasteiger partial charge in [0, 0.05) is 25.3 Å². The summed E-state index contributed by atoms with van der Waals surface area (Å²) in [5.74, 6) is -5.25. The van der Waals surface area contributed by atoms with E-state index < -0.39 is 48.7 Å². The molecule has 0 bridgehead atoms. The Hall–Kier alpha value is -3.91. The first kappa shape index (κ1) is 29.6. The average molecular weight is 596 g/mol. The number of nitrogens with two attached hydrogens (primary N) is 1. The Morgan fingerprint density at radius 2 is 1.86 bits per heavy atom. The molecule has 5 rings (SSSR count). The minimum atomic E-state index is -4.44. The van der Waals surface area contributed by atoms with E-state index in [1.54, 1.807) is 12.3 Å². The zero-order chi connectivity index (χ0) is 30.2. The van der Waals surface area contributed by atoms with E-state index in [0.717, 1.165) is 12.8 Å². The zero-order valence-corrected chi connectivity index (χ0v) is 22.7. The van der Waals surface area contributed by atoms with Crippen molar-refractivity contribution in [3.8, 4) is 5.88 Å². The summed E-state index contributed by atoms with van der Waals surface area (Å²) in [5, 5.41) is 15.3. The number of carbonyl (C=O) groups excluding carboxylic acids is 2. The van der Waals surface area contributed by atoms with Gasteiger partial charge in [0.25, 0.3) is 5.91 Å². The summed E-state index contributed by atoms with van der Waals surface area (Å²) in [5.41, 5.74) is 7.24. The van der Waals surface area contributed by atoms with Crippen molar-refractivity contribution in [2.75, 3.05) is 7.11 Å². The highest BCUT2D eigenvalue weighted by Gasteiger charge is 2.41. The smallest absolute Gasteiger partial charge is 0.389 e. The molecule has 2 atom stereocenters. The molecule has 226 valence electrons. The molecular formula is C27H30F5N7O3. The highest BCUT2D eigenvalue weighted by molar-refractivity contribution is 5.94. The van der Waals surface area contributed by atoms with Gasteiger partial charge in [-0.25, -0.2) is 18.3 Å². The van der Waals surface area contributed by atoms with E-state index in [0.29, 0.717) is 16.9 Å². The molecule has 0 radical (unpaired) electrons. The number of hydrogen-bond donors (Lipinski definition) is 2. The molecule has 2 amide bonds. The lowest BCUT2D eigenvalue weighted by atomic mass is 9.75. The minimum absolute atomic E-state index is 0.0326. The third-order valence-electron chi connectivity index (χ3n) is 7.89. The third kappa shape index (κ3) is 6.76. The molecule has 3 aromatic rings. The van der Waals surface area contributed by atoms with E-state index in [1.807, 2.05) is 0 Å². The topological polar surface area (TPSA) is 137 Å². The van der Waals surface area contributed by atoms with Gasteiger partial charge < -0.3 is 15.8 Å². The standard InChI is InChI=1S/C27H30F5N7O3/c1-42-21-11-17(25(33)41)24(38-37-21)22(14-4-7-26(28,29)8-5-14)18-13-39-19(35-18)10-16(12-34-39)23(15-2-3-15)36-20(40)6-9-27(30,31)32/h10-15,22-23H,2-9H2,1H3,(H2,33,41)(H,36,40)/t22-,23+/m0/s1. The van der Waals surface area contributed by atoms with Crippen molar-refractivity contribution in [1.29, 1.82) is 0 Å². The van der Waals surface area contributed by atoms with Crippen LogP contribution in [0.15, 0.2) is 24.5 Å². The number of alkyl halides is 5. The lowest BCUT2D eigenvalue weighted by Gasteiger charge is -2.33. The maximum Gasteiger partial charge on any atom is 0.389 e. The Morgan fingerprint density at radius 1 is 1.14 bits per heavy atom. The molecule has 42 heavy (non-hydrogen) atoms. The molecule has 3 aromatic heterocycles. The summed E-state index contributed by atoms with van der Waals surface area (Å²) in [7, 11) is 1.36. The van der Waals surface area contributed by atoms with Gasteiger partial charge in [0.05, 0.1) is 54.8 Å². The van der Waals surface area contributed by atoms with Gasteiger partial charge in [0.15, 0.2) is 5.65 Å². The maximum atomic E-state index is 14.1. The number of hydrogen-bond acceptors (Lipinski definition) is 7. The molecule has 2 aliphatic rings. The van der Waals surface area contributed by atoms with E-state index >= 15 is 0 Å². The summed E-state index contributed by atoms with van der Waals surface area (Å²) in [6, 6.07) is 2.50. The van der Waals surface area contributed by atoms with Crippen LogP contribution in [0.1, 0.15) is 90.6 Å². The first-order chi connectivity index (χ1) is 19.8. The molecule has 0 aromatic carbocycles. The average Bonchev–Trinajstić information content (AvgIpc) is 3.69.